The van der Waals surface area contributed by atoms with Gasteiger partial charge >= 0.3 is 6.03 Å². The van der Waals surface area contributed by atoms with Crippen molar-refractivity contribution in [2.45, 2.75) is 25.8 Å². The summed E-state index contributed by atoms with van der Waals surface area (Å²) in [5.41, 5.74) is 2.44. The smallest absolute Gasteiger partial charge is 0.322 e. The van der Waals surface area contributed by atoms with Crippen LogP contribution in [-0.2, 0) is 4.79 Å². The van der Waals surface area contributed by atoms with Crippen LogP contribution < -0.4 is 5.32 Å². The first-order valence-electron chi connectivity index (χ1n) is 8.92. The minimum Gasteiger partial charge on any atom is -0.322 e. The zero-order valence-corrected chi connectivity index (χ0v) is 16.1. The highest BCUT2D eigenvalue weighted by Crippen LogP contribution is 2.33. The van der Waals surface area contributed by atoms with Crippen LogP contribution in [0, 0.1) is 13.8 Å². The third-order valence-corrected chi connectivity index (χ3v) is 6.50. The van der Waals surface area contributed by atoms with Gasteiger partial charge in [0.25, 0.3) is 5.91 Å². The topological polar surface area (TPSA) is 71.4 Å². The summed E-state index contributed by atoms with van der Waals surface area (Å²) < 4.78 is 2.01. The van der Waals surface area contributed by atoms with Gasteiger partial charge in [-0.05, 0) is 44.2 Å². The average Bonchev–Trinajstić information content (AvgIpc) is 3.30. The molecule has 27 heavy (non-hydrogen) atoms. The van der Waals surface area contributed by atoms with Crippen molar-refractivity contribution in [3.8, 4) is 5.69 Å². The molecule has 0 saturated carbocycles. The quantitative estimate of drug-likeness (QED) is 0.651. The molecule has 1 aromatic heterocycles. The molecule has 2 saturated heterocycles. The molecule has 1 aromatic carbocycles. The van der Waals surface area contributed by atoms with Crippen LogP contribution in [0.2, 0.25) is 0 Å². The van der Waals surface area contributed by atoms with E-state index in [0.29, 0.717) is 17.7 Å². The number of aryl methyl sites for hydroxylation is 1. The molecule has 7 heteroatoms. The Kier molecular flexibility index (Phi) is 4.34. The van der Waals surface area contributed by atoms with Crippen LogP contribution in [0.15, 0.2) is 36.4 Å². The molecule has 6 nitrogen and oxygen atoms in total. The number of benzene rings is 1. The molecule has 1 N–H and O–H groups in total. The predicted octanol–water partition coefficient (Wildman–Crippen LogP) is 2.70. The number of ketones is 1. The lowest BCUT2D eigenvalue weighted by molar-refractivity contribution is -0.130. The Balaban J connectivity index is 1.59. The molecular weight excluding hydrogens is 362 g/mol. The highest BCUT2D eigenvalue weighted by Gasteiger charge is 2.53. The van der Waals surface area contributed by atoms with E-state index in [1.165, 1.54) is 0 Å². The number of nitrogens with zero attached hydrogens (tertiary/aromatic N) is 2. The van der Waals surface area contributed by atoms with Crippen molar-refractivity contribution in [1.82, 2.24) is 14.8 Å². The number of imide groups is 1. The summed E-state index contributed by atoms with van der Waals surface area (Å²) in [6.45, 7) is 3.60. The number of hydrogen-bond donors (Lipinski definition) is 1. The summed E-state index contributed by atoms with van der Waals surface area (Å²) in [4.78, 5) is 39.1. The SMILES string of the molecule is Cc1cc(C(=O)CN2C(=O)NC3(CCSC3)C2=O)c(C)n1-c1ccccc1. The minimum atomic E-state index is -0.817. The molecule has 0 radical (unpaired) electrons. The second-order valence-electron chi connectivity index (χ2n) is 7.09. The molecule has 0 bridgehead atoms. The zero-order valence-electron chi connectivity index (χ0n) is 15.3. The van der Waals surface area contributed by atoms with Gasteiger partial charge in [0.05, 0.1) is 6.54 Å². The molecule has 1 atom stereocenters. The molecule has 2 aliphatic heterocycles. The molecule has 2 aromatic rings. The molecule has 2 fully saturated rings. The normalized spacial score (nSPS) is 21.9. The first-order valence-corrected chi connectivity index (χ1v) is 10.1. The highest BCUT2D eigenvalue weighted by molar-refractivity contribution is 7.99. The molecule has 2 aliphatic rings. The fraction of sp³-hybridized carbons (Fsp3) is 0.350. The van der Waals surface area contributed by atoms with E-state index >= 15 is 0 Å². The number of amides is 3. The first-order chi connectivity index (χ1) is 12.9. The monoisotopic (exact) mass is 383 g/mol. The Morgan fingerprint density at radius 1 is 1.22 bits per heavy atom. The standard InChI is InChI=1S/C20H21N3O3S/c1-13-10-16(14(2)23(13)15-6-4-3-5-7-15)17(24)11-22-18(25)20(21-19(22)26)8-9-27-12-20/h3-7,10H,8-9,11-12H2,1-2H3,(H,21,26). The van der Waals surface area contributed by atoms with E-state index in [1.54, 1.807) is 11.8 Å². The van der Waals surface area contributed by atoms with E-state index in [4.69, 9.17) is 0 Å². The Hall–Kier alpha value is -2.54. The van der Waals surface area contributed by atoms with Crippen molar-refractivity contribution in [3.05, 3.63) is 53.3 Å². The Morgan fingerprint density at radius 2 is 1.96 bits per heavy atom. The van der Waals surface area contributed by atoms with Crippen molar-refractivity contribution in [3.63, 3.8) is 0 Å². The number of para-hydroxylation sites is 1. The predicted molar refractivity (Wildman–Crippen MR) is 104 cm³/mol. The van der Waals surface area contributed by atoms with Crippen LogP contribution in [0.4, 0.5) is 4.79 Å². The van der Waals surface area contributed by atoms with Gasteiger partial charge in [-0.1, -0.05) is 18.2 Å². The van der Waals surface area contributed by atoms with E-state index in [1.807, 2.05) is 54.8 Å². The number of urea groups is 1. The van der Waals surface area contributed by atoms with Crippen molar-refractivity contribution in [1.29, 1.82) is 0 Å². The molecule has 3 amide bonds. The van der Waals surface area contributed by atoms with Gasteiger partial charge in [-0.3, -0.25) is 14.5 Å². The summed E-state index contributed by atoms with van der Waals surface area (Å²) in [6.07, 6.45) is 0.620. The van der Waals surface area contributed by atoms with Crippen molar-refractivity contribution < 1.29 is 14.4 Å². The third-order valence-electron chi connectivity index (χ3n) is 5.32. The van der Waals surface area contributed by atoms with Gasteiger partial charge < -0.3 is 9.88 Å². The number of hydrogen-bond acceptors (Lipinski definition) is 4. The van der Waals surface area contributed by atoms with E-state index in [2.05, 4.69) is 5.32 Å². The first kappa shape index (κ1) is 17.9. The van der Waals surface area contributed by atoms with Crippen LogP contribution in [0.1, 0.15) is 28.2 Å². The maximum atomic E-state index is 12.9. The second-order valence-corrected chi connectivity index (χ2v) is 8.19. The van der Waals surface area contributed by atoms with E-state index in [0.717, 1.165) is 27.7 Å². The van der Waals surface area contributed by atoms with Crippen LogP contribution in [0.25, 0.3) is 5.69 Å². The number of nitrogens with one attached hydrogen (secondary N) is 1. The van der Waals surface area contributed by atoms with Crippen molar-refractivity contribution >= 4 is 29.5 Å². The molecular formula is C20H21N3O3S. The largest absolute Gasteiger partial charge is 0.325 e. The van der Waals surface area contributed by atoms with Crippen LogP contribution >= 0.6 is 11.8 Å². The van der Waals surface area contributed by atoms with Gasteiger partial charge in [-0.2, -0.15) is 11.8 Å². The van der Waals surface area contributed by atoms with Crippen molar-refractivity contribution in [2.24, 2.45) is 0 Å². The average molecular weight is 383 g/mol. The van der Waals surface area contributed by atoms with E-state index in [-0.39, 0.29) is 18.2 Å². The fourth-order valence-corrected chi connectivity index (χ4v) is 5.23. The summed E-state index contributed by atoms with van der Waals surface area (Å²) in [5, 5.41) is 2.80. The van der Waals surface area contributed by atoms with Gasteiger partial charge in [-0.25, -0.2) is 4.79 Å². The summed E-state index contributed by atoms with van der Waals surface area (Å²) in [6, 6.07) is 11.2. The van der Waals surface area contributed by atoms with Gasteiger partial charge in [0.15, 0.2) is 5.78 Å². The number of Topliss-reactive ketones (excluding diaryl/α,β-unsaturated/α-hetero) is 1. The lowest BCUT2D eigenvalue weighted by Gasteiger charge is -2.19. The maximum absolute atomic E-state index is 12.9. The highest BCUT2D eigenvalue weighted by atomic mass is 32.2. The zero-order chi connectivity index (χ0) is 19.2. The summed E-state index contributed by atoms with van der Waals surface area (Å²) in [7, 11) is 0. The Labute approximate surface area is 161 Å². The van der Waals surface area contributed by atoms with Gasteiger partial charge in [-0.15, -0.1) is 0 Å². The fourth-order valence-electron chi connectivity index (χ4n) is 3.90. The van der Waals surface area contributed by atoms with Gasteiger partial charge in [0, 0.05) is 28.4 Å². The van der Waals surface area contributed by atoms with Gasteiger partial charge in [0.2, 0.25) is 0 Å². The number of aromatic nitrogens is 1. The maximum Gasteiger partial charge on any atom is 0.325 e. The third kappa shape index (κ3) is 2.86. The van der Waals surface area contributed by atoms with Crippen LogP contribution in [-0.4, -0.2) is 50.8 Å². The molecule has 1 unspecified atom stereocenters. The lowest BCUT2D eigenvalue weighted by Crippen LogP contribution is -2.47. The molecule has 3 heterocycles. The lowest BCUT2D eigenvalue weighted by atomic mass is 9.99. The molecule has 1 spiro atoms. The minimum absolute atomic E-state index is 0.225. The molecule has 140 valence electrons. The number of carbonyl (C=O) groups excluding carboxylic acids is 3. The molecule has 4 rings (SSSR count). The van der Waals surface area contributed by atoms with Crippen LogP contribution in [0.5, 0.6) is 0 Å². The van der Waals surface area contributed by atoms with Crippen molar-refractivity contribution in [2.75, 3.05) is 18.1 Å². The van der Waals surface area contributed by atoms with Gasteiger partial charge in [0.1, 0.15) is 5.54 Å². The van der Waals surface area contributed by atoms with E-state index < -0.39 is 11.6 Å². The summed E-state index contributed by atoms with van der Waals surface area (Å²) in [5.74, 6) is 0.913. The van der Waals surface area contributed by atoms with E-state index in [9.17, 15) is 14.4 Å². The Morgan fingerprint density at radius 3 is 2.63 bits per heavy atom. The second kappa shape index (κ2) is 6.56. The number of thioether (sulfide) groups is 1. The molecule has 0 aliphatic carbocycles. The Bertz CT molecular complexity index is 929. The number of carbonyl (C=O) groups is 3. The van der Waals surface area contributed by atoms with Crippen LogP contribution in [0.3, 0.4) is 0 Å². The number of rotatable bonds is 4. The summed E-state index contributed by atoms with van der Waals surface area (Å²) >= 11 is 1.65.